The van der Waals surface area contributed by atoms with Gasteiger partial charge < -0.3 is 6.16 Å². The second-order valence-corrected chi connectivity index (χ2v) is 9.77. The molecule has 34 heavy (non-hydrogen) atoms. The Labute approximate surface area is 235 Å². The summed E-state index contributed by atoms with van der Waals surface area (Å²) in [6, 6.07) is 17.3. The summed E-state index contributed by atoms with van der Waals surface area (Å²) in [5, 5.41) is 0. The molecule has 0 unspecified atom stereocenters. The number of hydrogen-bond acceptors (Lipinski definition) is 1. The Morgan fingerprint density at radius 1 is 0.471 bits per heavy atom. The van der Waals surface area contributed by atoms with Gasteiger partial charge in [0.25, 0.3) is 0 Å². The van der Waals surface area contributed by atoms with Crippen LogP contribution in [0.25, 0.3) is 0 Å². The van der Waals surface area contributed by atoms with Gasteiger partial charge in [-0.1, -0.05) is 140 Å². The Balaban J connectivity index is 0.00000578. The third kappa shape index (κ3) is 14.0. The van der Waals surface area contributed by atoms with Crippen LogP contribution in [0.4, 0.5) is 0 Å². The van der Waals surface area contributed by atoms with E-state index in [1.165, 1.54) is 114 Å². The number of unbranched alkanes of at least 4 members (excludes halogenated alkanes) is 14. The van der Waals surface area contributed by atoms with Gasteiger partial charge in [-0.05, 0) is 48.9 Å². The van der Waals surface area contributed by atoms with E-state index in [0.29, 0.717) is 0 Å². The summed E-state index contributed by atoms with van der Waals surface area (Å²) < 4.78 is 6.49. The summed E-state index contributed by atoms with van der Waals surface area (Å²) in [6.07, 6.45) is 24.0. The average Bonchev–Trinajstić information content (AvgIpc) is 2.84. The maximum Gasteiger partial charge on any atom is 1.00 e. The van der Waals surface area contributed by atoms with Crippen LogP contribution in [-0.4, -0.2) is 0 Å². The summed E-state index contributed by atoms with van der Waals surface area (Å²) >= 11 is 0. The van der Waals surface area contributed by atoms with E-state index in [4.69, 9.17) is 4.74 Å². The molecular weight excluding hydrogens is 423 g/mol. The minimum atomic E-state index is 0. The molecule has 0 amide bonds. The van der Waals surface area contributed by atoms with Crippen LogP contribution in [0.2, 0.25) is 0 Å². The van der Waals surface area contributed by atoms with E-state index in [-0.39, 0.29) is 31.0 Å². The van der Waals surface area contributed by atoms with Crippen molar-refractivity contribution in [2.24, 2.45) is 0 Å². The van der Waals surface area contributed by atoms with E-state index in [2.05, 4.69) is 62.4 Å². The molecule has 1 nitrogen and oxygen atoms in total. The molecule has 186 valence electrons. The predicted molar refractivity (Wildman–Crippen MR) is 147 cm³/mol. The molecule has 0 fully saturated rings. The zero-order valence-electron chi connectivity index (χ0n) is 23.8. The van der Waals surface area contributed by atoms with Gasteiger partial charge in [0.15, 0.2) is 0 Å². The van der Waals surface area contributed by atoms with Gasteiger partial charge in [-0.2, -0.15) is 0 Å². The van der Waals surface area contributed by atoms with Crippen LogP contribution in [0, 0.1) is 0 Å². The average molecular weight is 475 g/mol. The quantitative estimate of drug-likeness (QED) is 0.140. The van der Waals surface area contributed by atoms with E-state index in [0.717, 1.165) is 24.3 Å². The first-order valence-electron chi connectivity index (χ1n) is 14.2. The van der Waals surface area contributed by atoms with Crippen LogP contribution in [0.3, 0.4) is 0 Å². The number of aryl methyl sites for hydroxylation is 2. The fourth-order valence-corrected chi connectivity index (χ4v) is 4.64. The van der Waals surface area contributed by atoms with Crippen molar-refractivity contribution in [3.05, 3.63) is 59.7 Å². The van der Waals surface area contributed by atoms with Crippen LogP contribution < -0.4 is 34.3 Å². The van der Waals surface area contributed by atoms with Gasteiger partial charge in [-0.25, -0.2) is 0 Å². The van der Waals surface area contributed by atoms with Gasteiger partial charge in [0.05, 0.1) is 0 Å². The number of benzene rings is 2. The van der Waals surface area contributed by atoms with Crippen LogP contribution in [0.5, 0.6) is 11.5 Å². The second-order valence-electron chi connectivity index (χ2n) is 9.77. The first-order valence-corrected chi connectivity index (χ1v) is 14.2. The molecule has 0 heterocycles. The maximum absolute atomic E-state index is 6.49. The minimum Gasteiger partial charge on any atom is -1.00 e. The molecule has 0 N–H and O–H groups in total. The van der Waals surface area contributed by atoms with E-state index in [1.54, 1.807) is 0 Å². The molecule has 0 saturated carbocycles. The Hall–Kier alpha value is -0.760. The van der Waals surface area contributed by atoms with E-state index in [1.807, 2.05) is 0 Å². The van der Waals surface area contributed by atoms with Gasteiger partial charge in [0.2, 0.25) is 0 Å². The van der Waals surface area contributed by atoms with Crippen molar-refractivity contribution in [2.75, 3.05) is 0 Å². The van der Waals surface area contributed by atoms with Crippen molar-refractivity contribution < 1.29 is 35.7 Å². The summed E-state index contributed by atoms with van der Waals surface area (Å²) in [5.41, 5.74) is 2.70. The molecule has 0 aliphatic carbocycles. The molecule has 0 atom stereocenters. The summed E-state index contributed by atoms with van der Waals surface area (Å²) in [4.78, 5) is 0. The Morgan fingerprint density at radius 3 is 1.18 bits per heavy atom. The van der Waals surface area contributed by atoms with Crippen molar-refractivity contribution in [2.45, 2.75) is 129 Å². The summed E-state index contributed by atoms with van der Waals surface area (Å²) in [7, 11) is 0. The number of ether oxygens (including phenoxy) is 1. The zero-order valence-corrected chi connectivity index (χ0v) is 24.8. The topological polar surface area (TPSA) is 9.23 Å². The summed E-state index contributed by atoms with van der Waals surface area (Å²) in [5.74, 6) is 2.09. The normalized spacial score (nSPS) is 10.8. The largest absolute Gasteiger partial charge is 1.00 e. The number of rotatable bonds is 20. The van der Waals surface area contributed by atoms with Crippen molar-refractivity contribution in [3.8, 4) is 11.5 Å². The van der Waals surface area contributed by atoms with Crippen molar-refractivity contribution in [1.29, 1.82) is 0 Å². The van der Waals surface area contributed by atoms with Crippen molar-refractivity contribution >= 4 is 0 Å². The molecule has 0 spiro atoms. The fourth-order valence-electron chi connectivity index (χ4n) is 4.64. The third-order valence-corrected chi connectivity index (χ3v) is 6.76. The Kier molecular flexibility index (Phi) is 19.8. The second kappa shape index (κ2) is 21.5. The number of para-hydroxylation sites is 2. The number of hydrogen-bond donors (Lipinski definition) is 0. The molecule has 0 radical (unpaired) electrons. The van der Waals surface area contributed by atoms with Crippen LogP contribution >= 0.6 is 0 Å². The Morgan fingerprint density at radius 2 is 0.794 bits per heavy atom. The minimum absolute atomic E-state index is 0. The van der Waals surface area contributed by atoms with Gasteiger partial charge in [0, 0.05) is 0 Å². The van der Waals surface area contributed by atoms with Gasteiger partial charge in [-0.3, -0.25) is 0 Å². The van der Waals surface area contributed by atoms with Crippen LogP contribution in [-0.2, 0) is 12.8 Å². The summed E-state index contributed by atoms with van der Waals surface area (Å²) in [6.45, 7) is 4.57. The molecule has 0 aromatic heterocycles. The molecule has 0 saturated heterocycles. The molecule has 0 aliphatic rings. The van der Waals surface area contributed by atoms with E-state index >= 15 is 0 Å². The molecule has 2 aromatic carbocycles. The molecule has 2 aromatic rings. The Bertz CT molecular complexity index is 672. The maximum atomic E-state index is 6.49. The zero-order chi connectivity index (χ0) is 23.4. The van der Waals surface area contributed by atoms with Crippen LogP contribution in [0.1, 0.15) is 129 Å². The molecule has 0 bridgehead atoms. The third-order valence-electron chi connectivity index (χ3n) is 6.76. The smallest absolute Gasteiger partial charge is 1.00 e. The molecule has 2 rings (SSSR count). The van der Waals surface area contributed by atoms with E-state index < -0.39 is 0 Å². The van der Waals surface area contributed by atoms with Gasteiger partial charge >= 0.3 is 29.6 Å². The molecular formula is C32H51NaO. The first-order chi connectivity index (χ1) is 16.3. The SMILES string of the molecule is CCCCCCCCCCc1ccccc1Oc1ccccc1CCCCCCCCCC.[H-].[Na+]. The monoisotopic (exact) mass is 474 g/mol. The van der Waals surface area contributed by atoms with Crippen molar-refractivity contribution in [1.82, 2.24) is 0 Å². The molecule has 2 heteroatoms. The van der Waals surface area contributed by atoms with Gasteiger partial charge in [-0.15, -0.1) is 0 Å². The van der Waals surface area contributed by atoms with Crippen molar-refractivity contribution in [3.63, 3.8) is 0 Å². The molecule has 0 aliphatic heterocycles. The first kappa shape index (κ1) is 31.3. The predicted octanol–water partition coefficient (Wildman–Crippen LogP) is 7.96. The standard InChI is InChI=1S/C32H50O.Na.H/c1-3-5-7-9-11-13-15-17-23-29-25-19-21-27-31(29)33-32-28-22-20-26-30(32)24-18-16-14-12-10-8-6-4-2;;/h19-22,25-28H,3-18,23-24H2,1-2H3;;/q;+1;-1. The van der Waals surface area contributed by atoms with E-state index in [9.17, 15) is 0 Å². The van der Waals surface area contributed by atoms with Gasteiger partial charge in [0.1, 0.15) is 11.5 Å². The van der Waals surface area contributed by atoms with Crippen LogP contribution in [0.15, 0.2) is 48.5 Å². The fraction of sp³-hybridized carbons (Fsp3) is 0.625.